The van der Waals surface area contributed by atoms with Crippen LogP contribution in [0.4, 0.5) is 0 Å². The molecule has 0 aliphatic rings. The maximum atomic E-state index is 3.71. The predicted octanol–water partition coefficient (Wildman–Crippen LogP) is 6.37. The van der Waals surface area contributed by atoms with Gasteiger partial charge in [0.2, 0.25) is 0 Å². The molecule has 0 bridgehead atoms. The van der Waals surface area contributed by atoms with E-state index in [4.69, 9.17) is 0 Å². The van der Waals surface area contributed by atoms with Gasteiger partial charge in [0.05, 0.1) is 0 Å². The van der Waals surface area contributed by atoms with Crippen molar-refractivity contribution in [2.75, 3.05) is 0 Å². The van der Waals surface area contributed by atoms with Crippen LogP contribution in [0.1, 0.15) is 64.7 Å². The van der Waals surface area contributed by atoms with Gasteiger partial charge in [-0.15, -0.1) is 6.58 Å². The van der Waals surface area contributed by atoms with Crippen molar-refractivity contribution in [1.82, 2.24) is 0 Å². The van der Waals surface area contributed by atoms with Gasteiger partial charge in [-0.25, -0.2) is 0 Å². The summed E-state index contributed by atoms with van der Waals surface area (Å²) in [6.45, 7) is 5.94. The predicted molar refractivity (Wildman–Crippen MR) is 84.8 cm³/mol. The van der Waals surface area contributed by atoms with Crippen LogP contribution in [-0.2, 0) is 0 Å². The van der Waals surface area contributed by atoms with Crippen molar-refractivity contribution in [3.05, 3.63) is 49.1 Å². The van der Waals surface area contributed by atoms with E-state index in [9.17, 15) is 0 Å². The molecule has 0 aliphatic heterocycles. The highest BCUT2D eigenvalue weighted by molar-refractivity contribution is 5.02. The first-order valence-electron chi connectivity index (χ1n) is 7.49. The van der Waals surface area contributed by atoms with Crippen molar-refractivity contribution in [3.8, 4) is 0 Å². The molecular formula is C18H30. The van der Waals surface area contributed by atoms with Gasteiger partial charge in [-0.3, -0.25) is 0 Å². The van der Waals surface area contributed by atoms with Gasteiger partial charge >= 0.3 is 0 Å². The molecule has 0 heterocycles. The number of unbranched alkanes of at least 4 members (excludes halogenated alkanes) is 6. The molecule has 0 fully saturated rings. The molecule has 0 atom stereocenters. The van der Waals surface area contributed by atoms with E-state index in [0.717, 1.165) is 12.8 Å². The van der Waals surface area contributed by atoms with Crippen LogP contribution in [-0.4, -0.2) is 0 Å². The molecule has 0 rings (SSSR count). The third-order valence-corrected chi connectivity index (χ3v) is 2.80. The van der Waals surface area contributed by atoms with E-state index >= 15 is 0 Å². The zero-order valence-corrected chi connectivity index (χ0v) is 12.1. The molecular weight excluding hydrogens is 216 g/mol. The Kier molecular flexibility index (Phi) is 15.0. The molecule has 0 amide bonds. The molecule has 0 aromatic carbocycles. The molecule has 102 valence electrons. The minimum atomic E-state index is 1.10. The average Bonchev–Trinajstić information content (AvgIpc) is 2.39. The fraction of sp³-hybridized carbons (Fsp3) is 0.556. The van der Waals surface area contributed by atoms with Gasteiger partial charge in [-0.2, -0.15) is 0 Å². The molecule has 0 unspecified atom stereocenters. The Morgan fingerprint density at radius 3 is 1.83 bits per heavy atom. The van der Waals surface area contributed by atoms with Crippen LogP contribution < -0.4 is 0 Å². The monoisotopic (exact) mass is 246 g/mol. The first kappa shape index (κ1) is 17.0. The minimum Gasteiger partial charge on any atom is -0.103 e. The van der Waals surface area contributed by atoms with E-state index < -0.39 is 0 Å². The Morgan fingerprint density at radius 1 is 0.667 bits per heavy atom. The fourth-order valence-electron chi connectivity index (χ4n) is 1.65. The Bertz CT molecular complexity index is 243. The molecule has 0 aromatic heterocycles. The summed E-state index contributed by atoms with van der Waals surface area (Å²) >= 11 is 0. The lowest BCUT2D eigenvalue weighted by Gasteiger charge is -1.92. The van der Waals surface area contributed by atoms with Crippen LogP contribution in [0.2, 0.25) is 0 Å². The van der Waals surface area contributed by atoms with Gasteiger partial charge in [0.15, 0.2) is 0 Å². The highest BCUT2D eigenvalue weighted by Gasteiger charge is 1.83. The van der Waals surface area contributed by atoms with E-state index in [1.165, 1.54) is 44.9 Å². The third-order valence-electron chi connectivity index (χ3n) is 2.80. The van der Waals surface area contributed by atoms with Crippen LogP contribution in [0, 0.1) is 0 Å². The van der Waals surface area contributed by atoms with Crippen LogP contribution in [0.3, 0.4) is 0 Å². The van der Waals surface area contributed by atoms with Crippen molar-refractivity contribution >= 4 is 0 Å². The Hall–Kier alpha value is -1.04. The summed E-state index contributed by atoms with van der Waals surface area (Å²) in [5.41, 5.74) is 0. The van der Waals surface area contributed by atoms with Crippen LogP contribution in [0.5, 0.6) is 0 Å². The molecule has 0 heteroatoms. The summed E-state index contributed by atoms with van der Waals surface area (Å²) in [4.78, 5) is 0. The summed E-state index contributed by atoms with van der Waals surface area (Å²) in [6.07, 6.45) is 26.6. The second kappa shape index (κ2) is 16.0. The van der Waals surface area contributed by atoms with Gasteiger partial charge in [0, 0.05) is 0 Å². The van der Waals surface area contributed by atoms with Crippen molar-refractivity contribution in [2.45, 2.75) is 64.7 Å². The van der Waals surface area contributed by atoms with Gasteiger partial charge in [0.1, 0.15) is 0 Å². The number of hydrogen-bond donors (Lipinski definition) is 0. The lowest BCUT2D eigenvalue weighted by Crippen LogP contribution is -1.72. The van der Waals surface area contributed by atoms with Gasteiger partial charge in [-0.05, 0) is 44.9 Å². The summed E-state index contributed by atoms with van der Waals surface area (Å²) in [5.74, 6) is 0. The minimum absolute atomic E-state index is 1.10. The normalized spacial score (nSPS) is 12.1. The number of rotatable bonds is 12. The van der Waals surface area contributed by atoms with Gasteiger partial charge in [0.25, 0.3) is 0 Å². The van der Waals surface area contributed by atoms with E-state index in [0.29, 0.717) is 0 Å². The van der Waals surface area contributed by atoms with Crippen molar-refractivity contribution in [2.24, 2.45) is 0 Å². The van der Waals surface area contributed by atoms with Crippen molar-refractivity contribution in [1.29, 1.82) is 0 Å². The highest BCUT2D eigenvalue weighted by Crippen LogP contribution is 2.03. The molecule has 0 spiro atoms. The maximum absolute atomic E-state index is 3.71. The van der Waals surface area contributed by atoms with E-state index in [2.05, 4.69) is 50.0 Å². The lowest BCUT2D eigenvalue weighted by molar-refractivity contribution is 0.760. The quantitative estimate of drug-likeness (QED) is 0.213. The second-order valence-electron chi connectivity index (χ2n) is 4.62. The molecule has 0 nitrogen and oxygen atoms in total. The molecule has 0 N–H and O–H groups in total. The second-order valence-corrected chi connectivity index (χ2v) is 4.62. The Labute approximate surface area is 114 Å². The summed E-state index contributed by atoms with van der Waals surface area (Å²) in [5, 5.41) is 0. The summed E-state index contributed by atoms with van der Waals surface area (Å²) in [7, 11) is 0. The standard InChI is InChI=1S/C18H30/c1-3-5-7-9-11-13-15-17-18-16-14-12-10-8-6-4-2/h3,9-12,14,16H,1,4-8,13,15,17-18H2,2H3. The first-order chi connectivity index (χ1) is 8.91. The average molecular weight is 246 g/mol. The molecule has 18 heavy (non-hydrogen) atoms. The first-order valence-corrected chi connectivity index (χ1v) is 7.49. The maximum Gasteiger partial charge on any atom is -0.0316 e. The van der Waals surface area contributed by atoms with Crippen LogP contribution >= 0.6 is 0 Å². The molecule has 0 aliphatic carbocycles. The topological polar surface area (TPSA) is 0 Å². The van der Waals surface area contributed by atoms with E-state index in [1.54, 1.807) is 0 Å². The Morgan fingerprint density at radius 2 is 1.22 bits per heavy atom. The molecule has 0 aromatic rings. The zero-order valence-electron chi connectivity index (χ0n) is 12.1. The smallest absolute Gasteiger partial charge is 0.0316 e. The Balaban J connectivity index is 3.24. The molecule has 0 saturated heterocycles. The summed E-state index contributed by atoms with van der Waals surface area (Å²) < 4.78 is 0. The van der Waals surface area contributed by atoms with E-state index in [-0.39, 0.29) is 0 Å². The zero-order chi connectivity index (χ0) is 13.3. The van der Waals surface area contributed by atoms with Crippen LogP contribution in [0.25, 0.3) is 0 Å². The lowest BCUT2D eigenvalue weighted by atomic mass is 10.1. The molecule has 0 radical (unpaired) electrons. The fourth-order valence-corrected chi connectivity index (χ4v) is 1.65. The highest BCUT2D eigenvalue weighted by atomic mass is 13.9. The van der Waals surface area contributed by atoms with Gasteiger partial charge < -0.3 is 0 Å². The van der Waals surface area contributed by atoms with Crippen LogP contribution in [0.15, 0.2) is 49.1 Å². The number of allylic oxidation sites excluding steroid dienone is 7. The molecule has 0 saturated carbocycles. The van der Waals surface area contributed by atoms with Gasteiger partial charge in [-0.1, -0.05) is 62.3 Å². The number of hydrogen-bond acceptors (Lipinski definition) is 0. The SMILES string of the molecule is C=CCCC=CCCCCC=CC=CCCCC. The van der Waals surface area contributed by atoms with Crippen molar-refractivity contribution < 1.29 is 0 Å². The third kappa shape index (κ3) is 15.0. The summed E-state index contributed by atoms with van der Waals surface area (Å²) in [6, 6.07) is 0. The van der Waals surface area contributed by atoms with E-state index in [1.807, 2.05) is 6.08 Å². The van der Waals surface area contributed by atoms with Crippen molar-refractivity contribution in [3.63, 3.8) is 0 Å². The largest absolute Gasteiger partial charge is 0.103 e.